The van der Waals surface area contributed by atoms with Crippen LogP contribution in [0.25, 0.3) is 0 Å². The van der Waals surface area contributed by atoms with Crippen LogP contribution in [0.5, 0.6) is 5.75 Å². The van der Waals surface area contributed by atoms with Crippen molar-refractivity contribution in [2.45, 2.75) is 19.8 Å². The van der Waals surface area contributed by atoms with Gasteiger partial charge in [0.2, 0.25) is 0 Å². The first-order valence-electron chi connectivity index (χ1n) is 5.26. The van der Waals surface area contributed by atoms with E-state index in [1.807, 2.05) is 6.07 Å². The Hall–Kier alpha value is -1.31. The Balaban J connectivity index is 2.46. The van der Waals surface area contributed by atoms with E-state index >= 15 is 0 Å². The predicted molar refractivity (Wildman–Crippen MR) is 54.8 cm³/mol. The predicted octanol–water partition coefficient (Wildman–Crippen LogP) is 2.46. The lowest BCUT2D eigenvalue weighted by Crippen LogP contribution is -2.19. The smallest absolute Gasteiger partial charge is 0.165 e. The Labute approximate surface area is 85.3 Å². The van der Waals surface area contributed by atoms with Crippen LogP contribution in [0.4, 0.5) is 0 Å². The number of ether oxygens (including phenoxy) is 1. The van der Waals surface area contributed by atoms with Crippen molar-refractivity contribution in [1.82, 2.24) is 0 Å². The molecule has 1 unspecified atom stereocenters. The maximum atomic E-state index is 11.9. The lowest BCUT2D eigenvalue weighted by Gasteiger charge is -2.20. The molecule has 2 nitrogen and oxygen atoms in total. The number of fused-ring (bicyclic) bond motifs is 1. The van der Waals surface area contributed by atoms with Crippen molar-refractivity contribution in [1.29, 1.82) is 0 Å². The van der Waals surface area contributed by atoms with E-state index in [0.29, 0.717) is 12.0 Å². The molecule has 0 radical (unpaired) electrons. The monoisotopic (exact) mass is 191 g/mol. The van der Waals surface area contributed by atoms with E-state index < -0.39 is 5.89 Å². The van der Waals surface area contributed by atoms with Crippen molar-refractivity contribution >= 4 is 5.78 Å². The summed E-state index contributed by atoms with van der Waals surface area (Å²) in [4.78, 5) is 11.9. The highest BCUT2D eigenvalue weighted by atomic mass is 16.5. The summed E-state index contributed by atoms with van der Waals surface area (Å²) in [6.45, 7) is 1.68. The van der Waals surface area contributed by atoms with Gasteiger partial charge in [-0.2, -0.15) is 0 Å². The first-order valence-corrected chi connectivity index (χ1v) is 4.76. The minimum absolute atomic E-state index is 0.0774. The number of Topliss-reactive ketones (excluding diaryl/α,β-unsaturated/α-hetero) is 1. The zero-order valence-corrected chi connectivity index (χ0v) is 8.46. The molecule has 14 heavy (non-hydrogen) atoms. The topological polar surface area (TPSA) is 26.3 Å². The Morgan fingerprint density at radius 1 is 1.57 bits per heavy atom. The summed E-state index contributed by atoms with van der Waals surface area (Å²) in [5, 5.41) is 0. The van der Waals surface area contributed by atoms with Crippen LogP contribution in [0.1, 0.15) is 30.6 Å². The van der Waals surface area contributed by atoms with Crippen molar-refractivity contribution in [3.8, 4) is 5.75 Å². The van der Waals surface area contributed by atoms with Gasteiger partial charge in [0.15, 0.2) is 5.78 Å². The summed E-state index contributed by atoms with van der Waals surface area (Å²) in [7, 11) is 1.61. The summed E-state index contributed by atoms with van der Waals surface area (Å²) in [5.74, 6) is -0.261. The summed E-state index contributed by atoms with van der Waals surface area (Å²) in [6, 6.07) is 5.43. The van der Waals surface area contributed by atoms with Gasteiger partial charge in [0.25, 0.3) is 0 Å². The molecule has 0 heterocycles. The molecular formula is C12H14O2. The molecule has 2 rings (SSSR count). The Morgan fingerprint density at radius 2 is 2.36 bits per heavy atom. The molecular weight excluding hydrogens is 176 g/mol. The highest BCUT2D eigenvalue weighted by molar-refractivity contribution is 6.00. The van der Waals surface area contributed by atoms with Crippen LogP contribution >= 0.6 is 0 Å². The van der Waals surface area contributed by atoms with Gasteiger partial charge in [-0.05, 0) is 36.6 Å². The maximum absolute atomic E-state index is 11.9. The van der Waals surface area contributed by atoms with Crippen LogP contribution in [0.15, 0.2) is 18.2 Å². The molecule has 0 spiro atoms. The molecule has 1 atom stereocenters. The Kier molecular flexibility index (Phi) is 1.98. The highest BCUT2D eigenvalue weighted by Gasteiger charge is 2.23. The van der Waals surface area contributed by atoms with Gasteiger partial charge in [-0.3, -0.25) is 4.79 Å². The Morgan fingerprint density at radius 3 is 3.07 bits per heavy atom. The van der Waals surface area contributed by atoms with E-state index in [0.717, 1.165) is 17.7 Å². The molecule has 0 N–H and O–H groups in total. The molecule has 0 bridgehead atoms. The maximum Gasteiger partial charge on any atom is 0.165 e. The van der Waals surface area contributed by atoms with E-state index in [1.54, 1.807) is 26.2 Å². The quantitative estimate of drug-likeness (QED) is 0.681. The minimum Gasteiger partial charge on any atom is -0.497 e. The lowest BCUT2D eigenvalue weighted by molar-refractivity contribution is 0.0913. The van der Waals surface area contributed by atoms with E-state index in [4.69, 9.17) is 6.11 Å². The lowest BCUT2D eigenvalue weighted by atomic mass is 9.84. The number of ketones is 1. The number of hydrogen-bond donors (Lipinski definition) is 0. The van der Waals surface area contributed by atoms with Gasteiger partial charge in [0, 0.05) is 12.8 Å². The van der Waals surface area contributed by atoms with Crippen LogP contribution in [0.2, 0.25) is 0 Å². The number of aryl methyl sites for hydroxylation is 1. The fourth-order valence-corrected chi connectivity index (χ4v) is 1.79. The normalized spacial score (nSPS) is 26.7. The van der Waals surface area contributed by atoms with E-state index in [1.165, 1.54) is 0 Å². The third kappa shape index (κ3) is 1.41. The van der Waals surface area contributed by atoms with E-state index in [2.05, 4.69) is 0 Å². The second-order valence-corrected chi connectivity index (χ2v) is 3.63. The van der Waals surface area contributed by atoms with Gasteiger partial charge in [-0.1, -0.05) is 6.92 Å². The molecule has 1 aromatic rings. The fraction of sp³-hybridized carbons (Fsp3) is 0.417. The largest absolute Gasteiger partial charge is 0.497 e. The number of methoxy groups -OCH3 is 1. The third-order valence-electron chi connectivity index (χ3n) is 2.71. The molecule has 0 aromatic heterocycles. The standard InChI is InChI=1S/C12H14O2/c1-8-3-4-9-7-10(14-2)5-6-11(9)12(8)13/h5-8H,3-4H2,1-2H3/i8D. The molecule has 0 saturated carbocycles. The van der Waals surface area contributed by atoms with Crippen LogP contribution < -0.4 is 4.74 Å². The van der Waals surface area contributed by atoms with Crippen LogP contribution in [0, 0.1) is 5.89 Å². The fourth-order valence-electron chi connectivity index (χ4n) is 1.79. The minimum atomic E-state index is -0.957. The third-order valence-corrected chi connectivity index (χ3v) is 2.71. The van der Waals surface area contributed by atoms with Gasteiger partial charge in [-0.25, -0.2) is 0 Å². The SMILES string of the molecule is [2H]C1(C)CCc2cc(OC)ccc2C1=O. The zero-order valence-electron chi connectivity index (χ0n) is 9.46. The zero-order chi connectivity index (χ0) is 11.1. The first kappa shape index (κ1) is 8.04. The molecule has 1 aromatic carbocycles. The molecule has 1 aliphatic rings. The Bertz CT molecular complexity index is 410. The summed E-state index contributed by atoms with van der Waals surface area (Å²) in [5.41, 5.74) is 1.68. The van der Waals surface area contributed by atoms with Gasteiger partial charge >= 0.3 is 0 Å². The first-order chi connectivity index (χ1) is 7.04. The van der Waals surface area contributed by atoms with Crippen molar-refractivity contribution in [3.05, 3.63) is 29.3 Å². The van der Waals surface area contributed by atoms with Crippen LogP contribution in [-0.2, 0) is 6.42 Å². The van der Waals surface area contributed by atoms with Crippen molar-refractivity contribution in [2.75, 3.05) is 7.11 Å². The average molecular weight is 191 g/mol. The molecule has 0 amide bonds. The van der Waals surface area contributed by atoms with Gasteiger partial charge in [-0.15, -0.1) is 0 Å². The molecule has 2 heteroatoms. The highest BCUT2D eigenvalue weighted by Crippen LogP contribution is 2.28. The summed E-state index contributed by atoms with van der Waals surface area (Å²) >= 11 is 0. The van der Waals surface area contributed by atoms with Crippen LogP contribution in [0.3, 0.4) is 0 Å². The van der Waals surface area contributed by atoms with Gasteiger partial charge in [0.05, 0.1) is 7.11 Å². The molecule has 0 fully saturated rings. The number of hydrogen-bond acceptors (Lipinski definition) is 2. The van der Waals surface area contributed by atoms with Crippen molar-refractivity contribution in [2.24, 2.45) is 5.89 Å². The molecule has 0 saturated heterocycles. The van der Waals surface area contributed by atoms with E-state index in [9.17, 15) is 4.79 Å². The van der Waals surface area contributed by atoms with Crippen molar-refractivity contribution in [3.63, 3.8) is 0 Å². The van der Waals surface area contributed by atoms with Crippen LogP contribution in [-0.4, -0.2) is 12.9 Å². The second kappa shape index (κ2) is 3.45. The number of benzene rings is 1. The number of carbonyl (C=O) groups excluding carboxylic acids is 1. The average Bonchev–Trinajstić information content (AvgIpc) is 2.23. The number of carbonyl (C=O) groups is 1. The van der Waals surface area contributed by atoms with Crippen molar-refractivity contribution < 1.29 is 10.9 Å². The van der Waals surface area contributed by atoms with E-state index in [-0.39, 0.29) is 5.78 Å². The van der Waals surface area contributed by atoms with Gasteiger partial charge in [0.1, 0.15) is 5.75 Å². The molecule has 1 aliphatic carbocycles. The number of rotatable bonds is 1. The molecule has 74 valence electrons. The van der Waals surface area contributed by atoms with Gasteiger partial charge < -0.3 is 4.74 Å². The summed E-state index contributed by atoms with van der Waals surface area (Å²) in [6.07, 6.45) is 1.37. The molecule has 0 aliphatic heterocycles. The summed E-state index contributed by atoms with van der Waals surface area (Å²) < 4.78 is 13.0. The second-order valence-electron chi connectivity index (χ2n) is 3.63.